The van der Waals surface area contributed by atoms with Crippen molar-refractivity contribution in [3.8, 4) is 0 Å². The van der Waals surface area contributed by atoms with E-state index >= 15 is 0 Å². The van der Waals surface area contributed by atoms with Gasteiger partial charge in [-0.3, -0.25) is 9.69 Å². The topological polar surface area (TPSA) is 80.0 Å². The van der Waals surface area contributed by atoms with E-state index in [1.807, 2.05) is 11.8 Å². The second-order valence-electron chi connectivity index (χ2n) is 8.99. The van der Waals surface area contributed by atoms with Crippen LogP contribution in [0.5, 0.6) is 0 Å². The van der Waals surface area contributed by atoms with Gasteiger partial charge in [0.2, 0.25) is 5.91 Å². The Morgan fingerprint density at radius 2 is 1.89 bits per heavy atom. The summed E-state index contributed by atoms with van der Waals surface area (Å²) >= 11 is 0. The number of hydrogen-bond acceptors (Lipinski definition) is 6. The summed E-state index contributed by atoms with van der Waals surface area (Å²) in [7, 11) is 0. The molecule has 5 rings (SSSR count). The van der Waals surface area contributed by atoms with Crippen molar-refractivity contribution in [1.82, 2.24) is 24.7 Å². The molecule has 0 N–H and O–H groups in total. The van der Waals surface area contributed by atoms with Crippen LogP contribution in [-0.2, 0) is 17.5 Å². The fourth-order valence-corrected chi connectivity index (χ4v) is 5.07. The number of carbonyl (C=O) groups is 1. The predicted molar refractivity (Wildman–Crippen MR) is 116 cm³/mol. The van der Waals surface area contributed by atoms with Gasteiger partial charge in [-0.15, -0.1) is 0 Å². The van der Waals surface area contributed by atoms with E-state index in [1.54, 1.807) is 6.20 Å². The zero-order valence-electron chi connectivity index (χ0n) is 18.7. The van der Waals surface area contributed by atoms with Gasteiger partial charge in [-0.1, -0.05) is 13.0 Å². The van der Waals surface area contributed by atoms with Crippen molar-refractivity contribution in [2.45, 2.75) is 38.9 Å². The van der Waals surface area contributed by atoms with E-state index in [9.17, 15) is 26.7 Å². The molecule has 2 fully saturated rings. The van der Waals surface area contributed by atoms with Crippen LogP contribution in [0.2, 0.25) is 0 Å². The molecule has 0 radical (unpaired) electrons. The molecule has 1 amide bonds. The first-order valence-electron chi connectivity index (χ1n) is 11.2. The summed E-state index contributed by atoms with van der Waals surface area (Å²) in [6.45, 7) is 2.55. The largest absolute Gasteiger partial charge is 0.433 e. The Balaban J connectivity index is 1.35. The Bertz CT molecular complexity index is 1260. The molecule has 0 saturated carbocycles. The normalized spacial score (nSPS) is 23.3. The number of alkyl halides is 5. The second kappa shape index (κ2) is 8.38. The van der Waals surface area contributed by atoms with Gasteiger partial charge in [0.05, 0.1) is 17.8 Å². The molecular weight excluding hydrogens is 473 g/mol. The van der Waals surface area contributed by atoms with Crippen molar-refractivity contribution in [3.63, 3.8) is 0 Å². The smallest absolute Gasteiger partial charge is 0.355 e. The summed E-state index contributed by atoms with van der Waals surface area (Å²) < 4.78 is 66.1. The van der Waals surface area contributed by atoms with E-state index in [0.29, 0.717) is 37.3 Å². The molecule has 2 atom stereocenters. The molecule has 2 aliphatic heterocycles. The van der Waals surface area contributed by atoms with Crippen LogP contribution in [0.4, 0.5) is 33.6 Å². The number of hydrogen-bond donors (Lipinski definition) is 0. The molecule has 1 spiro atoms. The first kappa shape index (κ1) is 23.4. The molecule has 186 valence electrons. The highest BCUT2D eigenvalue weighted by atomic mass is 19.4. The average Bonchev–Trinajstić information content (AvgIpc) is 3.36. The van der Waals surface area contributed by atoms with Gasteiger partial charge in [-0.25, -0.2) is 28.4 Å². The van der Waals surface area contributed by atoms with Crippen molar-refractivity contribution in [2.24, 2.45) is 11.3 Å². The maximum Gasteiger partial charge on any atom is 0.433 e. The van der Waals surface area contributed by atoms with Gasteiger partial charge in [0.15, 0.2) is 5.65 Å². The van der Waals surface area contributed by atoms with Crippen molar-refractivity contribution in [1.29, 1.82) is 0 Å². The Kier molecular flexibility index (Phi) is 5.59. The van der Waals surface area contributed by atoms with Gasteiger partial charge in [-0.05, 0) is 30.9 Å². The number of anilines is 2. The first-order chi connectivity index (χ1) is 16.6. The number of aromatic nitrogens is 5. The molecule has 1 unspecified atom stereocenters. The van der Waals surface area contributed by atoms with Crippen LogP contribution >= 0.6 is 0 Å². The van der Waals surface area contributed by atoms with Crippen LogP contribution in [0.25, 0.3) is 11.2 Å². The molecule has 0 aromatic carbocycles. The summed E-state index contributed by atoms with van der Waals surface area (Å²) in [5.41, 5.74) is -1.09. The third-order valence-corrected chi connectivity index (χ3v) is 6.99. The van der Waals surface area contributed by atoms with Crippen LogP contribution in [0.15, 0.2) is 30.6 Å². The highest BCUT2D eigenvalue weighted by molar-refractivity contribution is 5.99. The third-order valence-electron chi connectivity index (χ3n) is 6.99. The van der Waals surface area contributed by atoms with Gasteiger partial charge >= 0.3 is 6.18 Å². The molecular formula is C22H22F5N7O. The van der Waals surface area contributed by atoms with E-state index in [0.717, 1.165) is 10.7 Å². The van der Waals surface area contributed by atoms with Gasteiger partial charge in [0.1, 0.15) is 29.4 Å². The van der Waals surface area contributed by atoms with Crippen LogP contribution in [0, 0.1) is 11.3 Å². The van der Waals surface area contributed by atoms with Gasteiger partial charge < -0.3 is 4.90 Å². The monoisotopic (exact) mass is 495 g/mol. The molecule has 8 nitrogen and oxygen atoms in total. The highest BCUT2D eigenvalue weighted by Crippen LogP contribution is 2.47. The second-order valence-corrected chi connectivity index (χ2v) is 8.99. The highest BCUT2D eigenvalue weighted by Gasteiger charge is 2.53. The van der Waals surface area contributed by atoms with Crippen LogP contribution < -0.4 is 9.80 Å². The summed E-state index contributed by atoms with van der Waals surface area (Å²) in [4.78, 5) is 29.2. The maximum atomic E-state index is 13.5. The van der Waals surface area contributed by atoms with Gasteiger partial charge in [0.25, 0.3) is 6.43 Å². The minimum atomic E-state index is -4.60. The number of nitrogens with zero attached hydrogens (tertiary/aromatic N) is 7. The molecule has 2 saturated heterocycles. The summed E-state index contributed by atoms with van der Waals surface area (Å²) in [6.07, 6.45) is -3.27. The van der Waals surface area contributed by atoms with Gasteiger partial charge in [-0.2, -0.15) is 18.3 Å². The summed E-state index contributed by atoms with van der Waals surface area (Å²) in [5, 5.41) is 3.93. The zero-order valence-corrected chi connectivity index (χ0v) is 18.7. The van der Waals surface area contributed by atoms with E-state index < -0.39 is 30.3 Å². The van der Waals surface area contributed by atoms with Crippen LogP contribution in [0.3, 0.4) is 0 Å². The molecule has 35 heavy (non-hydrogen) atoms. The molecule has 0 aliphatic carbocycles. The van der Waals surface area contributed by atoms with E-state index in [2.05, 4.69) is 20.1 Å². The van der Waals surface area contributed by atoms with E-state index in [-0.39, 0.29) is 29.8 Å². The average molecular weight is 495 g/mol. The van der Waals surface area contributed by atoms with E-state index in [1.165, 1.54) is 23.2 Å². The Labute approximate surface area is 196 Å². The predicted octanol–water partition coefficient (Wildman–Crippen LogP) is 3.77. The fourth-order valence-electron chi connectivity index (χ4n) is 5.07. The zero-order chi connectivity index (χ0) is 25.0. The number of carbonyl (C=O) groups excluding carboxylic acids is 1. The minimum Gasteiger partial charge on any atom is -0.355 e. The Morgan fingerprint density at radius 1 is 1.11 bits per heavy atom. The lowest BCUT2D eigenvalue weighted by Crippen LogP contribution is -2.50. The first-order valence-corrected chi connectivity index (χ1v) is 11.2. The molecule has 0 bridgehead atoms. The standard InChI is InChI=1S/C22H22F5N7O/c1-13-11-32(18-10-28-14-9-29-34(12-16(23)24)19(14)31-18)7-5-21(13)6-8-33(20(21)35)17-4-2-3-15(30-17)22(25,26)27/h2-4,9-10,13,16H,5-8,11-12H2,1H3/t13?,21-/m1/s1. The number of halogens is 5. The maximum absolute atomic E-state index is 13.5. The SMILES string of the molecule is CC1CN(c2cnc3cnn(CC(F)F)c3n2)CC[C@@]12CCN(c1cccc(C(F)(F)F)n1)C2=O. The van der Waals surface area contributed by atoms with Crippen LogP contribution in [0.1, 0.15) is 25.5 Å². The number of fused-ring (bicyclic) bond motifs is 1. The minimum absolute atomic E-state index is 0.0000557. The molecule has 13 heteroatoms. The van der Waals surface area contributed by atoms with Crippen molar-refractivity contribution in [3.05, 3.63) is 36.3 Å². The molecule has 2 aliphatic rings. The summed E-state index contributed by atoms with van der Waals surface area (Å²) in [6, 6.07) is 3.55. The number of rotatable bonds is 4. The Morgan fingerprint density at radius 3 is 2.60 bits per heavy atom. The molecule has 5 heterocycles. The number of amides is 1. The number of pyridine rings is 1. The van der Waals surface area contributed by atoms with Crippen molar-refractivity contribution >= 4 is 28.7 Å². The Hall–Kier alpha value is -3.38. The van der Waals surface area contributed by atoms with Crippen LogP contribution in [-0.4, -0.2) is 56.7 Å². The van der Waals surface area contributed by atoms with Crippen molar-refractivity contribution in [2.75, 3.05) is 29.4 Å². The van der Waals surface area contributed by atoms with Gasteiger partial charge in [0, 0.05) is 19.6 Å². The third kappa shape index (κ3) is 4.06. The number of piperidine rings is 1. The van der Waals surface area contributed by atoms with Crippen molar-refractivity contribution < 1.29 is 26.7 Å². The molecule has 3 aromatic heterocycles. The van der Waals surface area contributed by atoms with E-state index in [4.69, 9.17) is 0 Å². The molecule has 3 aromatic rings. The fraction of sp³-hybridized carbons (Fsp3) is 0.500. The lowest BCUT2D eigenvalue weighted by atomic mass is 9.70. The quantitative estimate of drug-likeness (QED) is 0.513. The lowest BCUT2D eigenvalue weighted by molar-refractivity contribution is -0.141. The summed E-state index contributed by atoms with van der Waals surface area (Å²) in [5.74, 6) is 0.132. The lowest BCUT2D eigenvalue weighted by Gasteiger charge is -2.43.